The fourth-order valence-corrected chi connectivity index (χ4v) is 5.27. The SMILES string of the molecule is CO[C@H]1C[C@@H](C(=O)N[C@@H]2CCCNC2)N(c2nc(Nc3cc(C4CC4)[nH]n3)nc(N3CCOCC3)n2)C1. The number of morpholine rings is 1. The number of anilines is 4. The molecule has 0 radical (unpaired) electrons. The van der Waals surface area contributed by atoms with Gasteiger partial charge >= 0.3 is 0 Å². The summed E-state index contributed by atoms with van der Waals surface area (Å²) < 4.78 is 11.2. The Bertz CT molecular complexity index is 1080. The highest BCUT2D eigenvalue weighted by Crippen LogP contribution is 2.39. The van der Waals surface area contributed by atoms with Gasteiger partial charge in [0, 0.05) is 63.4 Å². The zero-order valence-electron chi connectivity index (χ0n) is 21.3. The Morgan fingerprint density at radius 2 is 2.00 bits per heavy atom. The summed E-state index contributed by atoms with van der Waals surface area (Å²) in [5.74, 6) is 2.63. The Morgan fingerprint density at radius 1 is 1.16 bits per heavy atom. The lowest BCUT2D eigenvalue weighted by molar-refractivity contribution is -0.123. The molecule has 0 unspecified atom stereocenters. The maximum atomic E-state index is 13.4. The van der Waals surface area contributed by atoms with Crippen LogP contribution in [-0.4, -0.2) is 102 Å². The molecule has 3 aliphatic heterocycles. The minimum absolute atomic E-state index is 0.0162. The van der Waals surface area contributed by atoms with Crippen molar-refractivity contribution in [1.29, 1.82) is 0 Å². The molecule has 1 saturated carbocycles. The minimum atomic E-state index is -0.425. The summed E-state index contributed by atoms with van der Waals surface area (Å²) in [6, 6.07) is 1.72. The molecule has 1 amide bonds. The number of amides is 1. The standard InChI is InChI=1S/C24H36N10O3/c1-36-17-11-19(21(35)26-16-3-2-6-25-13-16)34(14-17)24-29-22(27-20-12-18(31-32-20)15-4-5-15)28-23(30-24)33-7-9-37-10-8-33/h12,15-17,19,25H,2-11,13-14H2,1H3,(H,26,35)(H2,27,28,29,30,31,32)/t16-,17+,19+/m1/s1. The van der Waals surface area contributed by atoms with Crippen LogP contribution in [0.25, 0.3) is 0 Å². The summed E-state index contributed by atoms with van der Waals surface area (Å²) >= 11 is 0. The van der Waals surface area contributed by atoms with Crippen molar-refractivity contribution in [3.05, 3.63) is 11.8 Å². The predicted molar refractivity (Wildman–Crippen MR) is 137 cm³/mol. The number of H-pyrrole nitrogens is 1. The van der Waals surface area contributed by atoms with Crippen LogP contribution in [0, 0.1) is 0 Å². The van der Waals surface area contributed by atoms with E-state index in [9.17, 15) is 4.79 Å². The number of ether oxygens (including phenoxy) is 2. The molecule has 0 bridgehead atoms. The molecule has 0 aromatic carbocycles. The molecule has 13 heteroatoms. The molecule has 4 fully saturated rings. The molecule has 2 aromatic heterocycles. The van der Waals surface area contributed by atoms with E-state index in [1.165, 1.54) is 12.8 Å². The topological polar surface area (TPSA) is 145 Å². The summed E-state index contributed by atoms with van der Waals surface area (Å²) in [6.07, 6.45) is 4.90. The van der Waals surface area contributed by atoms with E-state index in [1.807, 2.05) is 11.0 Å². The van der Waals surface area contributed by atoms with Crippen LogP contribution in [-0.2, 0) is 14.3 Å². The number of hydrogen-bond donors (Lipinski definition) is 4. The minimum Gasteiger partial charge on any atom is -0.380 e. The molecule has 200 valence electrons. The van der Waals surface area contributed by atoms with Crippen molar-refractivity contribution in [2.75, 3.05) is 68.2 Å². The van der Waals surface area contributed by atoms with Crippen LogP contribution in [0.5, 0.6) is 0 Å². The van der Waals surface area contributed by atoms with Gasteiger partial charge in [0.1, 0.15) is 6.04 Å². The van der Waals surface area contributed by atoms with Gasteiger partial charge in [-0.25, -0.2) is 0 Å². The molecule has 5 heterocycles. The molecule has 13 nitrogen and oxygen atoms in total. The highest BCUT2D eigenvalue weighted by molar-refractivity contribution is 5.86. The van der Waals surface area contributed by atoms with Crippen molar-refractivity contribution in [3.63, 3.8) is 0 Å². The lowest BCUT2D eigenvalue weighted by atomic mass is 10.1. The molecule has 37 heavy (non-hydrogen) atoms. The Labute approximate surface area is 216 Å². The van der Waals surface area contributed by atoms with E-state index in [0.717, 1.165) is 31.6 Å². The van der Waals surface area contributed by atoms with Gasteiger partial charge in [-0.15, -0.1) is 0 Å². The fraction of sp³-hybridized carbons (Fsp3) is 0.708. The van der Waals surface area contributed by atoms with E-state index in [4.69, 9.17) is 24.4 Å². The molecule has 4 aliphatic rings. The van der Waals surface area contributed by atoms with Gasteiger partial charge in [0.15, 0.2) is 5.82 Å². The number of piperidine rings is 1. The highest BCUT2D eigenvalue weighted by Gasteiger charge is 2.40. The second-order valence-corrected chi connectivity index (χ2v) is 10.3. The first-order chi connectivity index (χ1) is 18.2. The quantitative estimate of drug-likeness (QED) is 0.393. The van der Waals surface area contributed by atoms with E-state index in [-0.39, 0.29) is 18.1 Å². The average Bonchev–Trinajstić information content (AvgIpc) is 3.52. The smallest absolute Gasteiger partial charge is 0.243 e. The molecule has 3 atom stereocenters. The Morgan fingerprint density at radius 3 is 2.76 bits per heavy atom. The molecule has 1 aliphatic carbocycles. The van der Waals surface area contributed by atoms with Crippen LogP contribution >= 0.6 is 0 Å². The van der Waals surface area contributed by atoms with Gasteiger partial charge < -0.3 is 35.2 Å². The molecule has 0 spiro atoms. The Balaban J connectivity index is 1.28. The van der Waals surface area contributed by atoms with Gasteiger partial charge in [0.25, 0.3) is 0 Å². The van der Waals surface area contributed by atoms with Gasteiger partial charge in [-0.3, -0.25) is 9.89 Å². The normalized spacial score (nSPS) is 26.4. The zero-order chi connectivity index (χ0) is 25.2. The fourth-order valence-electron chi connectivity index (χ4n) is 5.27. The van der Waals surface area contributed by atoms with E-state index < -0.39 is 6.04 Å². The van der Waals surface area contributed by atoms with Crippen LogP contribution < -0.4 is 25.8 Å². The summed E-state index contributed by atoms with van der Waals surface area (Å²) in [4.78, 5) is 31.8. The van der Waals surface area contributed by atoms with Crippen molar-refractivity contribution in [2.45, 2.75) is 56.2 Å². The maximum absolute atomic E-state index is 13.4. The lowest BCUT2D eigenvalue weighted by Gasteiger charge is -2.30. The first-order valence-corrected chi connectivity index (χ1v) is 13.4. The van der Waals surface area contributed by atoms with Crippen molar-refractivity contribution in [2.24, 2.45) is 0 Å². The van der Waals surface area contributed by atoms with Gasteiger partial charge in [0.2, 0.25) is 23.8 Å². The van der Waals surface area contributed by atoms with Crippen LogP contribution in [0.1, 0.15) is 43.7 Å². The molecular formula is C24H36N10O3. The largest absolute Gasteiger partial charge is 0.380 e. The van der Waals surface area contributed by atoms with Crippen LogP contribution in [0.15, 0.2) is 6.07 Å². The van der Waals surface area contributed by atoms with Gasteiger partial charge in [-0.2, -0.15) is 20.1 Å². The van der Waals surface area contributed by atoms with E-state index >= 15 is 0 Å². The first-order valence-electron chi connectivity index (χ1n) is 13.4. The number of aromatic amines is 1. The number of methoxy groups -OCH3 is 1. The van der Waals surface area contributed by atoms with Crippen molar-refractivity contribution in [3.8, 4) is 0 Å². The maximum Gasteiger partial charge on any atom is 0.243 e. The van der Waals surface area contributed by atoms with Crippen molar-refractivity contribution >= 4 is 29.6 Å². The van der Waals surface area contributed by atoms with Crippen LogP contribution in [0.3, 0.4) is 0 Å². The van der Waals surface area contributed by atoms with E-state index in [2.05, 4.69) is 31.0 Å². The third-order valence-corrected chi connectivity index (χ3v) is 7.56. The zero-order valence-corrected chi connectivity index (χ0v) is 21.3. The number of aromatic nitrogens is 5. The van der Waals surface area contributed by atoms with Gasteiger partial charge in [-0.1, -0.05) is 0 Å². The van der Waals surface area contributed by atoms with Crippen molar-refractivity contribution in [1.82, 2.24) is 35.8 Å². The lowest BCUT2D eigenvalue weighted by Crippen LogP contribution is -2.51. The Kier molecular flexibility index (Phi) is 7.07. The van der Waals surface area contributed by atoms with E-state index in [0.29, 0.717) is 68.8 Å². The number of carbonyl (C=O) groups is 1. The summed E-state index contributed by atoms with van der Waals surface area (Å²) in [5.41, 5.74) is 1.13. The first kappa shape index (κ1) is 24.3. The third-order valence-electron chi connectivity index (χ3n) is 7.56. The molecule has 2 aromatic rings. The second kappa shape index (κ2) is 10.8. The third kappa shape index (κ3) is 5.63. The summed E-state index contributed by atoms with van der Waals surface area (Å²) in [7, 11) is 1.68. The predicted octanol–water partition coefficient (Wildman–Crippen LogP) is 0.514. The summed E-state index contributed by atoms with van der Waals surface area (Å²) in [5, 5.41) is 17.4. The number of nitrogens with zero attached hydrogens (tertiary/aromatic N) is 6. The van der Waals surface area contributed by atoms with Crippen LogP contribution in [0.4, 0.5) is 23.7 Å². The van der Waals surface area contributed by atoms with Crippen LogP contribution in [0.2, 0.25) is 0 Å². The van der Waals surface area contributed by atoms with E-state index in [1.54, 1.807) is 7.11 Å². The molecule has 4 N–H and O–H groups in total. The number of rotatable bonds is 8. The monoisotopic (exact) mass is 512 g/mol. The summed E-state index contributed by atoms with van der Waals surface area (Å²) in [6.45, 7) is 4.93. The number of hydrogen-bond acceptors (Lipinski definition) is 11. The molecule has 6 rings (SSSR count). The molecular weight excluding hydrogens is 476 g/mol. The van der Waals surface area contributed by atoms with Gasteiger partial charge in [-0.05, 0) is 32.2 Å². The highest BCUT2D eigenvalue weighted by atomic mass is 16.5. The average molecular weight is 513 g/mol. The Hall–Kier alpha value is -3.03. The van der Waals surface area contributed by atoms with Crippen molar-refractivity contribution < 1.29 is 14.3 Å². The number of carbonyl (C=O) groups excluding carboxylic acids is 1. The van der Waals surface area contributed by atoms with Gasteiger partial charge in [0.05, 0.1) is 19.3 Å². The second-order valence-electron chi connectivity index (χ2n) is 10.3. The molecule has 3 saturated heterocycles. The number of nitrogens with one attached hydrogen (secondary N) is 4.